The summed E-state index contributed by atoms with van der Waals surface area (Å²) < 4.78 is 0. The van der Waals surface area contributed by atoms with E-state index in [0.29, 0.717) is 0 Å². The van der Waals surface area contributed by atoms with Gasteiger partial charge < -0.3 is 10.6 Å². The van der Waals surface area contributed by atoms with Gasteiger partial charge in [-0.25, -0.2) is 0 Å². The van der Waals surface area contributed by atoms with Crippen molar-refractivity contribution >= 4 is 21.8 Å². The van der Waals surface area contributed by atoms with Crippen LogP contribution < -0.4 is 10.6 Å². The van der Waals surface area contributed by atoms with Crippen LogP contribution in [0.3, 0.4) is 0 Å². The first-order valence-corrected chi connectivity index (χ1v) is 3.82. The molecule has 8 heavy (non-hydrogen) atoms. The molecule has 0 saturated carbocycles. The molecule has 0 fully saturated rings. The van der Waals surface area contributed by atoms with Crippen molar-refractivity contribution in [3.8, 4) is 0 Å². The monoisotopic (exact) mass is 150 g/mol. The van der Waals surface area contributed by atoms with Gasteiger partial charge in [-0.3, -0.25) is 0 Å². The molecule has 0 heterocycles. The van der Waals surface area contributed by atoms with E-state index in [1.165, 1.54) is 0 Å². The molecule has 0 aliphatic heterocycles. The van der Waals surface area contributed by atoms with Crippen molar-refractivity contribution in [2.45, 2.75) is 0 Å². The van der Waals surface area contributed by atoms with Crippen LogP contribution in [0.5, 0.6) is 0 Å². The molecule has 0 aliphatic rings. The Bertz CT molecular complexity index is 90.2. The van der Waals surface area contributed by atoms with Gasteiger partial charge in [0.2, 0.25) is 0 Å². The molecule has 0 atom stereocenters. The van der Waals surface area contributed by atoms with Crippen molar-refractivity contribution in [1.82, 2.24) is 10.6 Å². The molecule has 0 aromatic heterocycles. The minimum absolute atomic E-state index is 0.721. The van der Waals surface area contributed by atoms with Gasteiger partial charge >= 0.3 is 0 Å². The van der Waals surface area contributed by atoms with E-state index in [9.17, 15) is 0 Å². The number of hydrogen-bond donors (Lipinski definition) is 2. The topological polar surface area (TPSA) is 24.1 Å². The smallest absolute Gasteiger partial charge is 0.115 e. The van der Waals surface area contributed by atoms with Crippen molar-refractivity contribution in [2.75, 3.05) is 14.1 Å². The van der Waals surface area contributed by atoms with Gasteiger partial charge in [0.1, 0.15) is 5.16 Å². The van der Waals surface area contributed by atoms with E-state index in [-0.39, 0.29) is 0 Å². The van der Waals surface area contributed by atoms with Crippen molar-refractivity contribution in [2.24, 2.45) is 0 Å². The predicted molar refractivity (Wildman–Crippen MR) is 40.9 cm³/mol. The first-order valence-electron chi connectivity index (χ1n) is 2.44. The second-order valence-corrected chi connectivity index (χ2v) is 2.82. The fourth-order valence-electron chi connectivity index (χ4n) is 0.297. The van der Waals surface area contributed by atoms with Crippen LogP contribution >= 0.6 is 11.6 Å². The summed E-state index contributed by atoms with van der Waals surface area (Å²) in [5, 5.41) is 7.61. The molecule has 0 saturated heterocycles. The van der Waals surface area contributed by atoms with Crippen LogP contribution in [0.4, 0.5) is 0 Å². The fourth-order valence-corrected chi connectivity index (χ4v) is 0.642. The minimum atomic E-state index is 0.721. The molecule has 0 amide bonds. The molecule has 0 unspecified atom stereocenters. The second-order valence-electron chi connectivity index (χ2n) is 1.44. The van der Waals surface area contributed by atoms with Crippen molar-refractivity contribution in [3.05, 3.63) is 10.5 Å². The van der Waals surface area contributed by atoms with Gasteiger partial charge in [0.15, 0.2) is 0 Å². The van der Waals surface area contributed by atoms with Crippen LogP contribution in [0.2, 0.25) is 0 Å². The highest BCUT2D eigenvalue weighted by molar-refractivity contribution is 6.35. The van der Waals surface area contributed by atoms with E-state index in [2.05, 4.69) is 10.6 Å². The highest BCUT2D eigenvalue weighted by atomic mass is 35.5. The molecule has 0 aromatic rings. The lowest BCUT2D eigenvalue weighted by Gasteiger charge is -2.02. The Balaban J connectivity index is 3.83. The number of hydrogen-bond acceptors (Lipinski definition) is 2. The van der Waals surface area contributed by atoms with Gasteiger partial charge in [0, 0.05) is 19.4 Å². The van der Waals surface area contributed by atoms with Crippen LogP contribution in [0.1, 0.15) is 0 Å². The van der Waals surface area contributed by atoms with E-state index in [4.69, 9.17) is 11.6 Å². The first-order chi connectivity index (χ1) is 3.72. The lowest BCUT2D eigenvalue weighted by molar-refractivity contribution is 0.987. The molecule has 2 N–H and O–H groups in total. The third kappa shape index (κ3) is 2.23. The maximum Gasteiger partial charge on any atom is 0.115 e. The summed E-state index contributed by atoms with van der Waals surface area (Å²) in [6.45, 7) is 0. The number of nitrogens with one attached hydrogen (secondary N) is 2. The summed E-state index contributed by atoms with van der Waals surface area (Å²) in [7, 11) is 4.62. The van der Waals surface area contributed by atoms with Crippen molar-refractivity contribution in [3.63, 3.8) is 0 Å². The lowest BCUT2D eigenvalue weighted by Crippen LogP contribution is -2.13. The lowest BCUT2D eigenvalue weighted by atomic mass is 10.8. The normalized spacial score (nSPS) is 12.9. The van der Waals surface area contributed by atoms with Crippen LogP contribution in [0.15, 0.2) is 10.5 Å². The highest BCUT2D eigenvalue weighted by Gasteiger charge is 1.89. The van der Waals surface area contributed by atoms with E-state index >= 15 is 0 Å². The summed E-state index contributed by atoms with van der Waals surface area (Å²) in [5.41, 5.74) is 0. The van der Waals surface area contributed by atoms with E-state index in [0.717, 1.165) is 20.7 Å². The fraction of sp³-hybridized carbons (Fsp3) is 0.500. The molecule has 0 rings (SSSR count). The molecule has 48 valence electrons. The third-order valence-corrected chi connectivity index (χ3v) is 2.71. The highest BCUT2D eigenvalue weighted by Crippen LogP contribution is 1.95. The van der Waals surface area contributed by atoms with E-state index < -0.39 is 0 Å². The average molecular weight is 151 g/mol. The van der Waals surface area contributed by atoms with Gasteiger partial charge in [0.25, 0.3) is 0 Å². The second kappa shape index (κ2) is 3.80. The SMILES string of the molecule is CNC([SiH3])=C(Cl)NC. The average Bonchev–Trinajstić information content (AvgIpc) is 1.84. The number of halogens is 1. The van der Waals surface area contributed by atoms with Gasteiger partial charge in [0.05, 0.1) is 10.2 Å². The summed E-state index contributed by atoms with van der Waals surface area (Å²) in [4.78, 5) is 0. The van der Waals surface area contributed by atoms with E-state index in [1.54, 1.807) is 7.05 Å². The molecular formula is C4H11ClN2Si. The van der Waals surface area contributed by atoms with Crippen LogP contribution in [0, 0.1) is 0 Å². The largest absolute Gasteiger partial charge is 0.393 e. The Morgan fingerprint density at radius 2 is 1.88 bits per heavy atom. The number of rotatable bonds is 2. The zero-order valence-electron chi connectivity index (χ0n) is 5.38. The van der Waals surface area contributed by atoms with Gasteiger partial charge in [-0.2, -0.15) is 0 Å². The quantitative estimate of drug-likeness (QED) is 0.396. The molecule has 0 aliphatic carbocycles. The molecular weight excluding hydrogens is 140 g/mol. The molecule has 0 radical (unpaired) electrons. The Kier molecular flexibility index (Phi) is 3.73. The Morgan fingerprint density at radius 1 is 1.38 bits per heavy atom. The van der Waals surface area contributed by atoms with E-state index in [1.807, 2.05) is 7.05 Å². The Labute approximate surface area is 57.7 Å². The summed E-state index contributed by atoms with van der Waals surface area (Å²) in [6, 6.07) is 0. The summed E-state index contributed by atoms with van der Waals surface area (Å²) >= 11 is 5.66. The molecule has 0 spiro atoms. The predicted octanol–water partition coefficient (Wildman–Crippen LogP) is -0.844. The van der Waals surface area contributed by atoms with Gasteiger partial charge in [-0.1, -0.05) is 11.6 Å². The summed E-state index contributed by atoms with van der Waals surface area (Å²) in [5.74, 6) is 0. The molecule has 4 heteroatoms. The first kappa shape index (κ1) is 7.85. The molecule has 2 nitrogen and oxygen atoms in total. The van der Waals surface area contributed by atoms with Crippen molar-refractivity contribution < 1.29 is 0 Å². The van der Waals surface area contributed by atoms with Gasteiger partial charge in [-0.05, 0) is 0 Å². The van der Waals surface area contributed by atoms with Crippen LogP contribution in [-0.2, 0) is 0 Å². The maximum atomic E-state index is 5.66. The Hall–Kier alpha value is -0.153. The van der Waals surface area contributed by atoms with Crippen molar-refractivity contribution in [1.29, 1.82) is 0 Å². The standard InChI is InChI=1S/C4H11ClN2Si/c1-6-3(5)4(8)7-2/h6-7H,1-2,8H3. The zero-order valence-corrected chi connectivity index (χ0v) is 8.13. The maximum absolute atomic E-state index is 5.66. The molecule has 0 aromatic carbocycles. The third-order valence-electron chi connectivity index (χ3n) is 0.924. The van der Waals surface area contributed by atoms with Gasteiger partial charge in [-0.15, -0.1) is 0 Å². The minimum Gasteiger partial charge on any atom is -0.393 e. The van der Waals surface area contributed by atoms with Crippen LogP contribution in [0.25, 0.3) is 0 Å². The van der Waals surface area contributed by atoms with Crippen LogP contribution in [-0.4, -0.2) is 24.3 Å². The molecule has 0 bridgehead atoms. The Morgan fingerprint density at radius 3 is 2.00 bits per heavy atom. The zero-order chi connectivity index (χ0) is 6.57. The summed E-state index contributed by atoms with van der Waals surface area (Å²) in [6.07, 6.45) is 0.